The number of methoxy groups -OCH3 is 1. The summed E-state index contributed by atoms with van der Waals surface area (Å²) < 4.78 is 35.3. The predicted octanol–water partition coefficient (Wildman–Crippen LogP) is 6.49. The van der Waals surface area contributed by atoms with Crippen LogP contribution in [0.4, 0.5) is 4.79 Å². The number of hydrogen-bond acceptors (Lipinski definition) is 10. The highest BCUT2D eigenvalue weighted by atomic mass is 32.1. The van der Waals surface area contributed by atoms with E-state index in [4.69, 9.17) is 18.9 Å². The van der Waals surface area contributed by atoms with Crippen molar-refractivity contribution in [3.8, 4) is 28.5 Å². The zero-order valence-electron chi connectivity index (χ0n) is 21.7. The molecule has 0 radical (unpaired) electrons. The van der Waals surface area contributed by atoms with Gasteiger partial charge in [-0.15, -0.1) is 11.3 Å². The smallest absolute Gasteiger partial charge is 0.497 e. The molecule has 3 heterocycles. The molecule has 0 saturated heterocycles. The van der Waals surface area contributed by atoms with Crippen molar-refractivity contribution < 1.29 is 28.8 Å². The summed E-state index contributed by atoms with van der Waals surface area (Å²) in [6, 6.07) is 19.5. The van der Waals surface area contributed by atoms with E-state index in [2.05, 4.69) is 20.9 Å². The molecule has 0 aliphatic rings. The molecule has 40 heavy (non-hydrogen) atoms. The molecule has 6 aromatic rings. The largest absolute Gasteiger partial charge is 0.515 e. The van der Waals surface area contributed by atoms with Crippen molar-refractivity contribution in [1.82, 2.24) is 13.3 Å². The minimum Gasteiger partial charge on any atom is -0.497 e. The van der Waals surface area contributed by atoms with Crippen molar-refractivity contribution in [1.29, 1.82) is 0 Å². The molecule has 0 amide bonds. The van der Waals surface area contributed by atoms with Crippen LogP contribution >= 0.6 is 23.1 Å². The number of nitrogens with zero attached hydrogens (tertiary/aromatic N) is 3. The molecule has 0 aliphatic heterocycles. The Morgan fingerprint density at radius 2 is 1.90 bits per heavy atom. The zero-order chi connectivity index (χ0) is 27.6. The number of hydrogen-bond donors (Lipinski definition) is 1. The Kier molecular flexibility index (Phi) is 7.25. The third-order valence-corrected chi connectivity index (χ3v) is 8.17. The van der Waals surface area contributed by atoms with Crippen LogP contribution in [-0.4, -0.2) is 51.5 Å². The number of rotatable bonds is 9. The molecule has 0 spiro atoms. The summed E-state index contributed by atoms with van der Waals surface area (Å²) in [5.41, 5.74) is 4.93. The van der Waals surface area contributed by atoms with Crippen molar-refractivity contribution in [3.05, 3.63) is 66.2 Å². The van der Waals surface area contributed by atoms with Gasteiger partial charge in [0.2, 0.25) is 5.88 Å². The van der Waals surface area contributed by atoms with Crippen LogP contribution < -0.4 is 14.2 Å². The van der Waals surface area contributed by atoms with Gasteiger partial charge in [0, 0.05) is 21.7 Å². The van der Waals surface area contributed by atoms with E-state index in [9.17, 15) is 9.90 Å². The summed E-state index contributed by atoms with van der Waals surface area (Å²) in [6.45, 7) is 2.24. The third-order valence-electron chi connectivity index (χ3n) is 6.43. The number of carbonyl (C=O) groups excluding carboxylic acids is 1. The van der Waals surface area contributed by atoms with Gasteiger partial charge in [0.1, 0.15) is 29.1 Å². The molecule has 0 atom stereocenters. The first-order chi connectivity index (χ1) is 19.6. The van der Waals surface area contributed by atoms with Gasteiger partial charge in [0.25, 0.3) is 0 Å². The maximum absolute atomic E-state index is 12.8. The number of ether oxygens (including phenoxy) is 4. The number of aromatic nitrogens is 3. The predicted molar refractivity (Wildman–Crippen MR) is 156 cm³/mol. The second-order valence-electron chi connectivity index (χ2n) is 8.85. The standard InChI is InChI=1S/C29H25N3O6S2/c1-3-36-29(34)38-28-25(19-10-9-18(35-2)15-23(19)37-13-12-33)27-26(20-6-4-5-7-24(20)39-27)32(28)16-17-8-11-21-22(14-17)31-40-30-21/h4-11,14-15,33H,3,12-13,16H2,1-2H3. The lowest BCUT2D eigenvalue weighted by Crippen LogP contribution is -2.14. The summed E-state index contributed by atoms with van der Waals surface area (Å²) >= 11 is 2.78. The highest BCUT2D eigenvalue weighted by Gasteiger charge is 2.28. The second kappa shape index (κ2) is 11.1. The van der Waals surface area contributed by atoms with Crippen molar-refractivity contribution in [2.75, 3.05) is 26.9 Å². The van der Waals surface area contributed by atoms with Crippen LogP contribution in [0.1, 0.15) is 12.5 Å². The molecule has 3 aromatic heterocycles. The van der Waals surface area contributed by atoms with Crippen LogP contribution in [0.25, 0.3) is 42.5 Å². The van der Waals surface area contributed by atoms with Gasteiger partial charge < -0.3 is 28.6 Å². The Morgan fingerprint density at radius 1 is 1.05 bits per heavy atom. The van der Waals surface area contributed by atoms with E-state index < -0.39 is 6.16 Å². The molecule has 0 unspecified atom stereocenters. The second-order valence-corrected chi connectivity index (χ2v) is 10.4. The van der Waals surface area contributed by atoms with Gasteiger partial charge in [-0.1, -0.05) is 24.3 Å². The minimum absolute atomic E-state index is 0.0895. The van der Waals surface area contributed by atoms with E-state index in [1.165, 1.54) is 11.7 Å². The maximum Gasteiger partial charge on any atom is 0.515 e. The molecule has 1 N–H and O–H groups in total. The molecule has 3 aromatic carbocycles. The first kappa shape index (κ1) is 26.1. The number of aliphatic hydroxyl groups excluding tert-OH is 1. The SMILES string of the molecule is CCOC(=O)Oc1c(-c2ccc(OC)cc2OCCO)c2sc3ccccc3c2n1Cc1ccc2nsnc2c1. The van der Waals surface area contributed by atoms with Crippen LogP contribution in [0.15, 0.2) is 60.7 Å². The molecule has 11 heteroatoms. The Balaban J connectivity index is 1.64. The molecule has 9 nitrogen and oxygen atoms in total. The van der Waals surface area contributed by atoms with Crippen LogP contribution in [0.3, 0.4) is 0 Å². The van der Waals surface area contributed by atoms with Gasteiger partial charge in [-0.05, 0) is 42.8 Å². The zero-order valence-corrected chi connectivity index (χ0v) is 23.4. The summed E-state index contributed by atoms with van der Waals surface area (Å²) in [5, 5.41) is 10.5. The molecular formula is C29H25N3O6S2. The fourth-order valence-electron chi connectivity index (χ4n) is 4.74. The summed E-state index contributed by atoms with van der Waals surface area (Å²) in [5.74, 6) is 1.43. The van der Waals surface area contributed by atoms with Crippen molar-refractivity contribution in [2.45, 2.75) is 13.5 Å². The Morgan fingerprint density at radius 3 is 2.73 bits per heavy atom. The fourth-order valence-corrected chi connectivity index (χ4v) is 6.52. The number of carbonyl (C=O) groups is 1. The molecule has 0 aliphatic carbocycles. The van der Waals surface area contributed by atoms with E-state index in [-0.39, 0.29) is 19.8 Å². The number of benzene rings is 3. The first-order valence-corrected chi connectivity index (χ1v) is 14.2. The minimum atomic E-state index is -0.801. The van der Waals surface area contributed by atoms with Gasteiger partial charge >= 0.3 is 6.16 Å². The molecule has 0 fully saturated rings. The summed E-state index contributed by atoms with van der Waals surface area (Å²) in [4.78, 5) is 12.8. The van der Waals surface area contributed by atoms with Gasteiger partial charge in [0.15, 0.2) is 0 Å². The highest BCUT2D eigenvalue weighted by Crippen LogP contribution is 2.50. The third kappa shape index (κ3) is 4.72. The van der Waals surface area contributed by atoms with Crippen LogP contribution in [0.5, 0.6) is 17.4 Å². The van der Waals surface area contributed by atoms with E-state index in [0.29, 0.717) is 35.1 Å². The van der Waals surface area contributed by atoms with Crippen LogP contribution in [0, 0.1) is 0 Å². The van der Waals surface area contributed by atoms with Crippen LogP contribution in [0.2, 0.25) is 0 Å². The quantitative estimate of drug-likeness (QED) is 0.195. The van der Waals surface area contributed by atoms with Gasteiger partial charge in [-0.3, -0.25) is 0 Å². The first-order valence-electron chi connectivity index (χ1n) is 12.6. The average molecular weight is 576 g/mol. The van der Waals surface area contributed by atoms with E-state index >= 15 is 0 Å². The molecule has 0 saturated carbocycles. The van der Waals surface area contributed by atoms with Gasteiger partial charge in [0.05, 0.1) is 54.4 Å². The van der Waals surface area contributed by atoms with Crippen molar-refractivity contribution in [3.63, 3.8) is 0 Å². The maximum atomic E-state index is 12.8. The lowest BCUT2D eigenvalue weighted by atomic mass is 10.1. The Bertz CT molecular complexity index is 1840. The highest BCUT2D eigenvalue weighted by molar-refractivity contribution is 7.26. The normalized spacial score (nSPS) is 11.4. The topological polar surface area (TPSA) is 105 Å². The number of aliphatic hydroxyl groups is 1. The van der Waals surface area contributed by atoms with Crippen molar-refractivity contribution >= 4 is 60.6 Å². The summed E-state index contributed by atoms with van der Waals surface area (Å²) in [6.07, 6.45) is -0.801. The molecular weight excluding hydrogens is 550 g/mol. The van der Waals surface area contributed by atoms with Gasteiger partial charge in [-0.2, -0.15) is 8.75 Å². The van der Waals surface area contributed by atoms with E-state index in [1.54, 1.807) is 31.4 Å². The Hall–Kier alpha value is -4.19. The van der Waals surface area contributed by atoms with Crippen molar-refractivity contribution in [2.24, 2.45) is 0 Å². The average Bonchev–Trinajstić information content (AvgIpc) is 3.66. The molecule has 6 rings (SSSR count). The monoisotopic (exact) mass is 575 g/mol. The molecule has 0 bridgehead atoms. The number of thiophene rings is 1. The van der Waals surface area contributed by atoms with E-state index in [1.807, 2.05) is 47.0 Å². The lowest BCUT2D eigenvalue weighted by Gasteiger charge is -2.15. The van der Waals surface area contributed by atoms with Gasteiger partial charge in [-0.25, -0.2) is 4.79 Å². The lowest BCUT2D eigenvalue weighted by molar-refractivity contribution is 0.101. The number of fused-ring (bicyclic) bond motifs is 4. The summed E-state index contributed by atoms with van der Waals surface area (Å²) in [7, 11) is 1.58. The fraction of sp³-hybridized carbons (Fsp3) is 0.207. The molecule has 204 valence electrons. The van der Waals surface area contributed by atoms with E-state index in [0.717, 1.165) is 36.9 Å². The Labute approximate surface area is 237 Å². The van der Waals surface area contributed by atoms with Crippen LogP contribution in [-0.2, 0) is 11.3 Å².